The first-order valence-corrected chi connectivity index (χ1v) is 18.0. The fourth-order valence-electron chi connectivity index (χ4n) is 8.13. The van der Waals surface area contributed by atoms with E-state index in [4.69, 9.17) is 10.5 Å². The molecule has 50 heavy (non-hydrogen) atoms. The molecule has 3 fully saturated rings. The molecule has 1 aliphatic heterocycles. The number of ketones is 1. The quantitative estimate of drug-likeness (QED) is 0.196. The molecule has 5 rings (SSSR count). The first kappa shape index (κ1) is 37.1. The summed E-state index contributed by atoms with van der Waals surface area (Å²) in [5.41, 5.74) is 6.89. The van der Waals surface area contributed by atoms with Crippen LogP contribution in [0.25, 0.3) is 0 Å². The zero-order chi connectivity index (χ0) is 36.5. The number of nitrogens with one attached hydrogen (secondary N) is 4. The number of alkyl carbamates (subject to hydrolysis) is 1. The van der Waals surface area contributed by atoms with E-state index in [1.807, 2.05) is 45.0 Å². The lowest BCUT2D eigenvalue weighted by Crippen LogP contribution is -2.61. The van der Waals surface area contributed by atoms with Gasteiger partial charge < -0.3 is 36.6 Å². The summed E-state index contributed by atoms with van der Waals surface area (Å²) in [5, 5.41) is 11.3. The Balaban J connectivity index is 1.38. The largest absolute Gasteiger partial charge is 0.447 e. The van der Waals surface area contributed by atoms with Gasteiger partial charge in [-0.1, -0.05) is 78.1 Å². The monoisotopic (exact) mass is 694 g/mol. The molecule has 4 aliphatic rings. The fourth-order valence-corrected chi connectivity index (χ4v) is 8.13. The minimum absolute atomic E-state index is 0.0612. The Kier molecular flexibility index (Phi) is 10.8. The van der Waals surface area contributed by atoms with Gasteiger partial charge in [0, 0.05) is 13.1 Å². The lowest BCUT2D eigenvalue weighted by molar-refractivity contribution is -0.144. The number of benzene rings is 1. The summed E-state index contributed by atoms with van der Waals surface area (Å²) in [6.07, 6.45) is 3.73. The second-order valence-electron chi connectivity index (χ2n) is 16.3. The number of carbonyl (C=O) groups excluding carboxylic acids is 6. The van der Waals surface area contributed by atoms with Crippen LogP contribution in [0.5, 0.6) is 0 Å². The average molecular weight is 695 g/mol. The van der Waals surface area contributed by atoms with Gasteiger partial charge in [-0.25, -0.2) is 9.59 Å². The summed E-state index contributed by atoms with van der Waals surface area (Å²) >= 11 is 0. The van der Waals surface area contributed by atoms with Crippen LogP contribution in [0.15, 0.2) is 24.3 Å². The van der Waals surface area contributed by atoms with Gasteiger partial charge in [-0.05, 0) is 71.8 Å². The highest BCUT2D eigenvalue weighted by molar-refractivity contribution is 6.37. The number of piperidine rings is 1. The molecule has 6 atom stereocenters. The van der Waals surface area contributed by atoms with E-state index in [-0.39, 0.29) is 41.6 Å². The SMILES string of the molecule is CCNC(=O)OC[C@@H](NC(=O)N[C@H](C(=O)N1CC2C([C@H]1C(=O)NC(CC1CCC1)C(=O)C(N)=O)C2(C)C)C1Cc2ccccc2C1)C(C)(C)C. The van der Waals surface area contributed by atoms with Gasteiger partial charge in [0.2, 0.25) is 17.6 Å². The van der Waals surface area contributed by atoms with Crippen molar-refractivity contribution in [2.45, 2.75) is 104 Å². The van der Waals surface area contributed by atoms with E-state index in [0.29, 0.717) is 32.4 Å². The summed E-state index contributed by atoms with van der Waals surface area (Å²) in [6, 6.07) is 3.88. The minimum atomic E-state index is -1.10. The van der Waals surface area contributed by atoms with Gasteiger partial charge in [0.05, 0.1) is 12.1 Å². The van der Waals surface area contributed by atoms with Gasteiger partial charge in [-0.15, -0.1) is 0 Å². The number of hydrogen-bond donors (Lipinski definition) is 5. The lowest BCUT2D eigenvalue weighted by Gasteiger charge is -2.36. The van der Waals surface area contributed by atoms with Crippen molar-refractivity contribution in [3.63, 3.8) is 0 Å². The number of urea groups is 1. The van der Waals surface area contributed by atoms with Gasteiger partial charge in [-0.3, -0.25) is 19.2 Å². The summed E-state index contributed by atoms with van der Waals surface area (Å²) < 4.78 is 5.36. The molecule has 6 N–H and O–H groups in total. The first-order valence-electron chi connectivity index (χ1n) is 18.0. The van der Waals surface area contributed by atoms with Crippen LogP contribution in [0.1, 0.15) is 78.4 Å². The van der Waals surface area contributed by atoms with Gasteiger partial charge >= 0.3 is 12.1 Å². The van der Waals surface area contributed by atoms with Crippen LogP contribution >= 0.6 is 0 Å². The molecular weight excluding hydrogens is 640 g/mol. The lowest BCUT2D eigenvalue weighted by atomic mass is 9.80. The van der Waals surface area contributed by atoms with E-state index in [1.54, 1.807) is 11.8 Å². The molecule has 1 heterocycles. The summed E-state index contributed by atoms with van der Waals surface area (Å²) in [4.78, 5) is 81.0. The van der Waals surface area contributed by atoms with Crippen LogP contribution in [0, 0.1) is 34.5 Å². The maximum Gasteiger partial charge on any atom is 0.407 e. The molecule has 0 bridgehead atoms. The van der Waals surface area contributed by atoms with E-state index >= 15 is 0 Å². The number of ether oxygens (including phenoxy) is 1. The normalized spacial score (nSPS) is 24.0. The number of rotatable bonds is 13. The van der Waals surface area contributed by atoms with Crippen molar-refractivity contribution < 1.29 is 33.5 Å². The van der Waals surface area contributed by atoms with Crippen molar-refractivity contribution in [1.29, 1.82) is 0 Å². The van der Waals surface area contributed by atoms with E-state index < -0.39 is 59.3 Å². The van der Waals surface area contributed by atoms with Gasteiger partial charge in [0.25, 0.3) is 5.91 Å². The van der Waals surface area contributed by atoms with Crippen molar-refractivity contribution in [1.82, 2.24) is 26.2 Å². The number of nitrogens with two attached hydrogens (primary N) is 1. The topological polar surface area (TPSA) is 189 Å². The molecule has 13 heteroatoms. The predicted molar refractivity (Wildman–Crippen MR) is 185 cm³/mol. The molecule has 2 saturated carbocycles. The third kappa shape index (κ3) is 7.91. The van der Waals surface area contributed by atoms with Crippen LogP contribution in [-0.4, -0.2) is 84.4 Å². The van der Waals surface area contributed by atoms with Gasteiger partial charge in [0.15, 0.2) is 0 Å². The Morgan fingerprint density at radius 1 is 1.00 bits per heavy atom. The number of hydrogen-bond acceptors (Lipinski definition) is 7. The fraction of sp³-hybridized carbons (Fsp3) is 0.676. The van der Waals surface area contributed by atoms with E-state index in [9.17, 15) is 28.8 Å². The maximum atomic E-state index is 14.7. The highest BCUT2D eigenvalue weighted by atomic mass is 16.5. The molecule has 1 aromatic carbocycles. The minimum Gasteiger partial charge on any atom is -0.447 e. The smallest absolute Gasteiger partial charge is 0.407 e. The number of fused-ring (bicyclic) bond motifs is 2. The number of amides is 6. The van der Waals surface area contributed by atoms with Crippen LogP contribution in [-0.2, 0) is 36.8 Å². The average Bonchev–Trinajstić information content (AvgIpc) is 3.39. The van der Waals surface area contributed by atoms with E-state index in [0.717, 1.165) is 30.4 Å². The molecular formula is C37H54N6O7. The summed E-state index contributed by atoms with van der Waals surface area (Å²) in [6.45, 7) is 12.3. The maximum absolute atomic E-state index is 14.7. The standard InChI is InChI=1S/C37H54N6O7/c1-7-39-35(49)50-19-26(36(2,3)4)41-34(48)42-28(23-16-21-13-8-9-14-22(21)17-23)33(47)43-18-24-27(37(24,5)6)29(43)32(46)40-25(30(44)31(38)45)15-20-11-10-12-20/h8-9,13-14,20,23-29H,7,10-12,15-19H2,1-6H3,(H2,38,45)(H,39,49)(H,40,46)(H2,41,42,48)/t24?,25?,26-,27?,28+,29+/m1/s1. The highest BCUT2D eigenvalue weighted by Gasteiger charge is 2.70. The number of nitrogens with zero attached hydrogens (tertiary/aromatic N) is 1. The summed E-state index contributed by atoms with van der Waals surface area (Å²) in [5.74, 6) is -2.93. The Bertz CT molecular complexity index is 1480. The van der Waals surface area contributed by atoms with Crippen molar-refractivity contribution in [3.05, 3.63) is 35.4 Å². The van der Waals surface area contributed by atoms with Crippen LogP contribution in [0.2, 0.25) is 0 Å². The zero-order valence-corrected chi connectivity index (χ0v) is 30.2. The number of Topliss-reactive ketones (excluding diaryl/α,β-unsaturated/α-hetero) is 1. The molecule has 1 saturated heterocycles. The third-order valence-electron chi connectivity index (χ3n) is 11.6. The second-order valence-corrected chi connectivity index (χ2v) is 16.3. The van der Waals surface area contributed by atoms with Gasteiger partial charge in [0.1, 0.15) is 18.7 Å². The molecule has 13 nitrogen and oxygen atoms in total. The van der Waals surface area contributed by atoms with Crippen molar-refractivity contribution in [3.8, 4) is 0 Å². The number of likely N-dealkylation sites (tertiary alicyclic amines) is 1. The molecule has 3 unspecified atom stereocenters. The Labute approximate surface area is 294 Å². The van der Waals surface area contributed by atoms with Crippen LogP contribution < -0.4 is 27.0 Å². The second kappa shape index (κ2) is 14.6. The summed E-state index contributed by atoms with van der Waals surface area (Å²) in [7, 11) is 0. The van der Waals surface area contributed by atoms with Crippen LogP contribution in [0.4, 0.5) is 9.59 Å². The van der Waals surface area contributed by atoms with Gasteiger partial charge in [-0.2, -0.15) is 0 Å². The Morgan fingerprint density at radius 2 is 1.64 bits per heavy atom. The highest BCUT2D eigenvalue weighted by Crippen LogP contribution is 2.65. The third-order valence-corrected chi connectivity index (χ3v) is 11.6. The Hall–Kier alpha value is -4.16. The molecule has 0 aromatic heterocycles. The first-order chi connectivity index (χ1) is 23.5. The molecule has 274 valence electrons. The van der Waals surface area contributed by atoms with Crippen molar-refractivity contribution >= 4 is 35.6 Å². The molecule has 0 spiro atoms. The number of carbonyl (C=O) groups is 6. The molecule has 0 radical (unpaired) electrons. The van der Waals surface area contributed by atoms with E-state index in [1.165, 1.54) is 0 Å². The zero-order valence-electron chi connectivity index (χ0n) is 30.2. The van der Waals surface area contributed by atoms with E-state index in [2.05, 4.69) is 35.1 Å². The molecule has 1 aromatic rings. The van der Waals surface area contributed by atoms with Crippen LogP contribution in [0.3, 0.4) is 0 Å². The predicted octanol–water partition coefficient (Wildman–Crippen LogP) is 2.44. The number of primary amides is 1. The van der Waals surface area contributed by atoms with Crippen molar-refractivity contribution in [2.24, 2.45) is 40.2 Å². The molecule has 3 aliphatic carbocycles. The Morgan fingerprint density at radius 3 is 2.18 bits per heavy atom. The van der Waals surface area contributed by atoms with Crippen molar-refractivity contribution in [2.75, 3.05) is 19.7 Å². The molecule has 6 amide bonds.